The summed E-state index contributed by atoms with van der Waals surface area (Å²) >= 11 is 1.43. The zero-order valence-electron chi connectivity index (χ0n) is 11.4. The summed E-state index contributed by atoms with van der Waals surface area (Å²) < 4.78 is 18.7. The van der Waals surface area contributed by atoms with E-state index in [1.807, 2.05) is 0 Å². The lowest BCUT2D eigenvalue weighted by Crippen LogP contribution is -2.04. The normalized spacial score (nSPS) is 10.4. The maximum absolute atomic E-state index is 13.0. The van der Waals surface area contributed by atoms with E-state index in [1.54, 1.807) is 30.3 Å². The molecule has 5 heteroatoms. The summed E-state index contributed by atoms with van der Waals surface area (Å²) in [6.45, 7) is -0.0552. The maximum Gasteiger partial charge on any atom is 0.339 e. The van der Waals surface area contributed by atoms with Crippen LogP contribution in [0.5, 0.6) is 0 Å². The number of halogens is 1. The van der Waals surface area contributed by atoms with Gasteiger partial charge in [0.2, 0.25) is 0 Å². The van der Waals surface area contributed by atoms with Crippen LogP contribution in [0.15, 0.2) is 42.5 Å². The van der Waals surface area contributed by atoms with Gasteiger partial charge in [-0.1, -0.05) is 5.92 Å². The number of esters is 1. The summed E-state index contributed by atoms with van der Waals surface area (Å²) in [5.74, 6) is 1.50. The molecule has 3 nitrogen and oxygen atoms in total. The topological polar surface area (TPSA) is 39.2 Å². The third-order valence-corrected chi connectivity index (χ3v) is 4.07. The van der Waals surface area contributed by atoms with Crippen LogP contribution in [0.3, 0.4) is 0 Å². The van der Waals surface area contributed by atoms with Gasteiger partial charge < -0.3 is 4.74 Å². The predicted octanol–water partition coefficient (Wildman–Crippen LogP) is 3.89. The van der Waals surface area contributed by atoms with Gasteiger partial charge in [-0.05, 0) is 42.5 Å². The largest absolute Gasteiger partial charge is 0.449 e. The molecule has 0 aliphatic rings. The number of benzene rings is 2. The molecule has 22 heavy (non-hydrogen) atoms. The van der Waals surface area contributed by atoms with E-state index in [0.29, 0.717) is 5.56 Å². The smallest absolute Gasteiger partial charge is 0.339 e. The quantitative estimate of drug-likeness (QED) is 0.544. The molecule has 1 aromatic heterocycles. The summed E-state index contributed by atoms with van der Waals surface area (Å²) in [5, 5.41) is 0.768. The molecule has 0 amide bonds. The van der Waals surface area contributed by atoms with Crippen LogP contribution in [0.4, 0.5) is 4.39 Å². The Morgan fingerprint density at radius 1 is 1.27 bits per heavy atom. The molecule has 0 N–H and O–H groups in total. The lowest BCUT2D eigenvalue weighted by molar-refractivity contribution is 0.0557. The number of carbonyl (C=O) groups is 1. The van der Waals surface area contributed by atoms with Crippen LogP contribution in [-0.4, -0.2) is 17.6 Å². The lowest BCUT2D eigenvalue weighted by atomic mass is 10.2. The van der Waals surface area contributed by atoms with Crippen molar-refractivity contribution in [2.45, 2.75) is 0 Å². The number of fused-ring (bicyclic) bond motifs is 1. The van der Waals surface area contributed by atoms with Crippen LogP contribution in [0.2, 0.25) is 0 Å². The zero-order valence-corrected chi connectivity index (χ0v) is 12.2. The minimum absolute atomic E-state index is 0.0552. The Morgan fingerprint density at radius 3 is 2.77 bits per heavy atom. The van der Waals surface area contributed by atoms with E-state index in [2.05, 4.69) is 10.9 Å². The number of ether oxygens (including phenoxy) is 1. The molecule has 0 spiro atoms. The number of hydrogen-bond acceptors (Lipinski definition) is 4. The highest BCUT2D eigenvalue weighted by atomic mass is 32.1. The molecule has 1 heterocycles. The Morgan fingerprint density at radius 2 is 2.05 bits per heavy atom. The number of nitrogens with zero attached hydrogens (tertiary/aromatic N) is 1. The van der Waals surface area contributed by atoms with Crippen molar-refractivity contribution in [3.8, 4) is 22.9 Å². The molecule has 2 aromatic carbocycles. The van der Waals surface area contributed by atoms with E-state index < -0.39 is 5.97 Å². The molecule has 0 saturated heterocycles. The van der Waals surface area contributed by atoms with Crippen LogP contribution >= 0.6 is 11.3 Å². The summed E-state index contributed by atoms with van der Waals surface area (Å²) in [5.41, 5.74) is 2.04. The summed E-state index contributed by atoms with van der Waals surface area (Å²) in [6, 6.07) is 11.3. The first-order valence-electron chi connectivity index (χ1n) is 6.44. The van der Waals surface area contributed by atoms with Crippen molar-refractivity contribution in [1.29, 1.82) is 0 Å². The van der Waals surface area contributed by atoms with Gasteiger partial charge in [0, 0.05) is 5.56 Å². The Balaban J connectivity index is 1.95. The highest BCUT2D eigenvalue weighted by molar-refractivity contribution is 7.21. The average Bonchev–Trinajstić information content (AvgIpc) is 2.96. The van der Waals surface area contributed by atoms with Crippen molar-refractivity contribution in [2.75, 3.05) is 6.61 Å². The van der Waals surface area contributed by atoms with Crippen LogP contribution in [0.25, 0.3) is 20.8 Å². The minimum atomic E-state index is -0.461. The fourth-order valence-corrected chi connectivity index (χ4v) is 2.97. The number of rotatable bonds is 3. The molecule has 3 aromatic rings. The molecule has 0 bridgehead atoms. The van der Waals surface area contributed by atoms with Gasteiger partial charge in [0.05, 0.1) is 15.8 Å². The summed E-state index contributed by atoms with van der Waals surface area (Å²) in [6.07, 6.45) is 5.06. The number of aromatic nitrogens is 1. The van der Waals surface area contributed by atoms with Crippen LogP contribution in [0.1, 0.15) is 10.4 Å². The van der Waals surface area contributed by atoms with E-state index in [0.717, 1.165) is 20.8 Å². The summed E-state index contributed by atoms with van der Waals surface area (Å²) in [7, 11) is 0. The van der Waals surface area contributed by atoms with Crippen molar-refractivity contribution in [3.63, 3.8) is 0 Å². The molecule has 0 radical (unpaired) electrons. The number of terminal acetylenes is 1. The highest BCUT2D eigenvalue weighted by Gasteiger charge is 2.11. The van der Waals surface area contributed by atoms with Gasteiger partial charge >= 0.3 is 5.97 Å². The number of thiazole rings is 1. The van der Waals surface area contributed by atoms with Crippen LogP contribution in [-0.2, 0) is 4.74 Å². The van der Waals surface area contributed by atoms with E-state index in [4.69, 9.17) is 11.2 Å². The van der Waals surface area contributed by atoms with Gasteiger partial charge in [-0.25, -0.2) is 14.2 Å². The van der Waals surface area contributed by atoms with E-state index in [-0.39, 0.29) is 12.4 Å². The van der Waals surface area contributed by atoms with Crippen molar-refractivity contribution in [2.24, 2.45) is 0 Å². The summed E-state index contributed by atoms with van der Waals surface area (Å²) in [4.78, 5) is 16.3. The Bertz CT molecular complexity index is 878. The number of carbonyl (C=O) groups excluding carboxylic acids is 1. The predicted molar refractivity (Wildman–Crippen MR) is 84.1 cm³/mol. The average molecular weight is 311 g/mol. The fraction of sp³-hybridized carbons (Fsp3) is 0.0588. The fourth-order valence-electron chi connectivity index (χ4n) is 1.96. The second kappa shape index (κ2) is 5.96. The van der Waals surface area contributed by atoms with Gasteiger partial charge in [-0.2, -0.15) is 0 Å². The number of hydrogen-bond donors (Lipinski definition) is 0. The molecule has 108 valence electrons. The van der Waals surface area contributed by atoms with Gasteiger partial charge in [0.25, 0.3) is 0 Å². The molecule has 3 rings (SSSR count). The van der Waals surface area contributed by atoms with Crippen molar-refractivity contribution >= 4 is 27.5 Å². The van der Waals surface area contributed by atoms with E-state index in [9.17, 15) is 9.18 Å². The Kier molecular flexibility index (Phi) is 3.86. The van der Waals surface area contributed by atoms with Crippen molar-refractivity contribution in [3.05, 3.63) is 53.8 Å². The van der Waals surface area contributed by atoms with Crippen LogP contribution in [0, 0.1) is 18.2 Å². The Labute approximate surface area is 130 Å². The molecule has 0 atom stereocenters. The zero-order chi connectivity index (χ0) is 15.5. The van der Waals surface area contributed by atoms with Crippen molar-refractivity contribution in [1.82, 2.24) is 4.98 Å². The third kappa shape index (κ3) is 2.83. The monoisotopic (exact) mass is 311 g/mol. The molecule has 0 unspecified atom stereocenters. The SMILES string of the molecule is C#CCOC(=O)c1ccc2nc(-c3ccc(F)cc3)sc2c1. The van der Waals surface area contributed by atoms with E-state index in [1.165, 1.54) is 23.5 Å². The first-order chi connectivity index (χ1) is 10.7. The second-order valence-corrected chi connectivity index (χ2v) is 5.52. The molecular weight excluding hydrogens is 301 g/mol. The van der Waals surface area contributed by atoms with Crippen molar-refractivity contribution < 1.29 is 13.9 Å². The van der Waals surface area contributed by atoms with Crippen LogP contribution < -0.4 is 0 Å². The minimum Gasteiger partial charge on any atom is -0.449 e. The Hall–Kier alpha value is -2.71. The standard InChI is InChI=1S/C17H10FNO2S/c1-2-9-21-17(20)12-5-8-14-15(10-12)22-16(19-14)11-3-6-13(18)7-4-11/h1,3-8,10H,9H2. The maximum atomic E-state index is 13.0. The third-order valence-electron chi connectivity index (χ3n) is 3.00. The molecule has 0 aliphatic heterocycles. The molecule has 0 saturated carbocycles. The second-order valence-electron chi connectivity index (χ2n) is 4.49. The van der Waals surface area contributed by atoms with E-state index >= 15 is 0 Å². The van der Waals surface area contributed by atoms with Gasteiger partial charge in [0.1, 0.15) is 10.8 Å². The lowest BCUT2D eigenvalue weighted by Gasteiger charge is -2.00. The van der Waals surface area contributed by atoms with Gasteiger partial charge in [-0.15, -0.1) is 17.8 Å². The van der Waals surface area contributed by atoms with Gasteiger partial charge in [0.15, 0.2) is 6.61 Å². The highest BCUT2D eigenvalue weighted by Crippen LogP contribution is 2.30. The first kappa shape index (κ1) is 14.2. The molecular formula is C17H10FNO2S. The van der Waals surface area contributed by atoms with Gasteiger partial charge in [-0.3, -0.25) is 0 Å². The first-order valence-corrected chi connectivity index (χ1v) is 7.26. The molecule has 0 fully saturated rings. The molecule has 0 aliphatic carbocycles.